The number of anilines is 1. The van der Waals surface area contributed by atoms with Gasteiger partial charge in [0.15, 0.2) is 5.96 Å². The lowest BCUT2D eigenvalue weighted by Crippen LogP contribution is -2.23. The number of aliphatic imine (C=N–C) groups is 1. The van der Waals surface area contributed by atoms with Crippen molar-refractivity contribution in [3.05, 3.63) is 53.6 Å². The van der Waals surface area contributed by atoms with Gasteiger partial charge in [-0.3, -0.25) is 0 Å². The van der Waals surface area contributed by atoms with Crippen molar-refractivity contribution in [2.75, 3.05) is 18.5 Å². The molecule has 5 nitrogen and oxygen atoms in total. The minimum absolute atomic E-state index is 0.338. The molecule has 0 saturated carbocycles. The Morgan fingerprint density at radius 2 is 1.75 bits per heavy atom. The topological polar surface area (TPSA) is 68.9 Å². The second-order valence-corrected chi connectivity index (χ2v) is 5.34. The maximum absolute atomic E-state index is 6.02. The van der Waals surface area contributed by atoms with Gasteiger partial charge in [-0.15, -0.1) is 0 Å². The first kappa shape index (κ1) is 17.7. The summed E-state index contributed by atoms with van der Waals surface area (Å²) < 4.78 is 11.1. The number of ether oxygens (including phenoxy) is 2. The molecule has 24 heavy (non-hydrogen) atoms. The predicted molar refractivity (Wildman–Crippen MR) is 98.9 cm³/mol. The molecule has 0 atom stereocenters. The Hall–Kier alpha value is -2.69. The summed E-state index contributed by atoms with van der Waals surface area (Å²) in [6.45, 7) is 7.64. The third-order valence-electron chi connectivity index (χ3n) is 3.38. The average Bonchev–Trinajstić information content (AvgIpc) is 2.57. The van der Waals surface area contributed by atoms with Crippen LogP contribution in [0.25, 0.3) is 0 Å². The summed E-state index contributed by atoms with van der Waals surface area (Å²) in [5.41, 5.74) is 9.09. The highest BCUT2D eigenvalue weighted by atomic mass is 16.5. The Morgan fingerprint density at radius 1 is 1.04 bits per heavy atom. The van der Waals surface area contributed by atoms with E-state index in [1.165, 1.54) is 5.56 Å². The number of hydrogen-bond donors (Lipinski definition) is 2. The summed E-state index contributed by atoms with van der Waals surface area (Å²) >= 11 is 0. The summed E-state index contributed by atoms with van der Waals surface area (Å²) in [5, 5.41) is 3.10. The molecular weight excluding hydrogens is 302 g/mol. The van der Waals surface area contributed by atoms with Crippen LogP contribution in [0, 0.1) is 6.92 Å². The summed E-state index contributed by atoms with van der Waals surface area (Å²) in [4.78, 5) is 4.38. The molecule has 0 unspecified atom stereocenters. The van der Waals surface area contributed by atoms with Crippen LogP contribution in [0.5, 0.6) is 11.5 Å². The third kappa shape index (κ3) is 5.19. The molecule has 2 aromatic carbocycles. The van der Waals surface area contributed by atoms with Gasteiger partial charge in [-0.05, 0) is 38.5 Å². The fourth-order valence-corrected chi connectivity index (χ4v) is 2.19. The van der Waals surface area contributed by atoms with Gasteiger partial charge < -0.3 is 20.5 Å². The lowest BCUT2D eigenvalue weighted by atomic mass is 10.1. The zero-order chi connectivity index (χ0) is 17.4. The van der Waals surface area contributed by atoms with Crippen molar-refractivity contribution in [2.45, 2.75) is 27.3 Å². The number of guanidine groups is 1. The molecule has 0 aromatic heterocycles. The van der Waals surface area contributed by atoms with E-state index in [0.717, 1.165) is 22.7 Å². The quantitative estimate of drug-likeness (QED) is 0.601. The highest BCUT2D eigenvalue weighted by molar-refractivity contribution is 5.94. The average molecular weight is 327 g/mol. The molecule has 0 amide bonds. The predicted octanol–water partition coefficient (Wildman–Crippen LogP) is 3.72. The fourth-order valence-electron chi connectivity index (χ4n) is 2.19. The minimum atomic E-state index is 0.338. The molecule has 0 heterocycles. The molecule has 0 spiro atoms. The zero-order valence-electron chi connectivity index (χ0n) is 14.5. The summed E-state index contributed by atoms with van der Waals surface area (Å²) in [5.74, 6) is 1.81. The Bertz CT molecular complexity index is 682. The lowest BCUT2D eigenvalue weighted by Gasteiger charge is -2.14. The van der Waals surface area contributed by atoms with Crippen molar-refractivity contribution in [1.29, 1.82) is 0 Å². The first-order valence-corrected chi connectivity index (χ1v) is 8.14. The molecule has 2 rings (SSSR count). The molecule has 0 aliphatic heterocycles. The second-order valence-electron chi connectivity index (χ2n) is 5.34. The van der Waals surface area contributed by atoms with Gasteiger partial charge in [-0.2, -0.15) is 0 Å². The SMILES string of the molecule is CCOc1ccc(OCC)c(NC(N)=NCc2ccc(C)cc2)c1. The standard InChI is InChI=1S/C19H25N3O2/c1-4-23-16-10-11-18(24-5-2)17(12-16)22-19(20)21-13-15-8-6-14(3)7-9-15/h6-12H,4-5,13H2,1-3H3,(H3,20,21,22). The van der Waals surface area contributed by atoms with Crippen LogP contribution in [-0.4, -0.2) is 19.2 Å². The van der Waals surface area contributed by atoms with Crippen molar-refractivity contribution in [3.8, 4) is 11.5 Å². The molecule has 0 aliphatic rings. The van der Waals surface area contributed by atoms with Crippen molar-refractivity contribution in [3.63, 3.8) is 0 Å². The van der Waals surface area contributed by atoms with E-state index < -0.39 is 0 Å². The number of nitrogens with two attached hydrogens (primary N) is 1. The van der Waals surface area contributed by atoms with Crippen LogP contribution in [0.2, 0.25) is 0 Å². The Morgan fingerprint density at radius 3 is 2.42 bits per heavy atom. The molecule has 0 radical (unpaired) electrons. The van der Waals surface area contributed by atoms with Gasteiger partial charge >= 0.3 is 0 Å². The van der Waals surface area contributed by atoms with E-state index in [1.54, 1.807) is 0 Å². The lowest BCUT2D eigenvalue weighted by molar-refractivity contribution is 0.332. The van der Waals surface area contributed by atoms with Crippen LogP contribution in [0.4, 0.5) is 5.69 Å². The van der Waals surface area contributed by atoms with E-state index in [9.17, 15) is 0 Å². The number of aryl methyl sites for hydroxylation is 1. The van der Waals surface area contributed by atoms with Crippen molar-refractivity contribution in [1.82, 2.24) is 0 Å². The molecule has 0 fully saturated rings. The van der Waals surface area contributed by atoms with E-state index >= 15 is 0 Å². The fraction of sp³-hybridized carbons (Fsp3) is 0.316. The molecule has 0 bridgehead atoms. The van der Waals surface area contributed by atoms with Crippen LogP contribution in [-0.2, 0) is 6.54 Å². The van der Waals surface area contributed by atoms with Gasteiger partial charge in [-0.1, -0.05) is 29.8 Å². The highest BCUT2D eigenvalue weighted by Gasteiger charge is 2.07. The number of nitrogens with zero attached hydrogens (tertiary/aromatic N) is 1. The normalized spacial score (nSPS) is 11.2. The first-order chi connectivity index (χ1) is 11.6. The first-order valence-electron chi connectivity index (χ1n) is 8.14. The number of hydrogen-bond acceptors (Lipinski definition) is 3. The largest absolute Gasteiger partial charge is 0.494 e. The van der Waals surface area contributed by atoms with Gasteiger partial charge in [0.1, 0.15) is 11.5 Å². The summed E-state index contributed by atoms with van der Waals surface area (Å²) in [6.07, 6.45) is 0. The third-order valence-corrected chi connectivity index (χ3v) is 3.38. The van der Waals surface area contributed by atoms with Gasteiger partial charge in [0.05, 0.1) is 25.4 Å². The molecule has 128 valence electrons. The molecular formula is C19H25N3O2. The zero-order valence-corrected chi connectivity index (χ0v) is 14.5. The van der Waals surface area contributed by atoms with E-state index in [4.69, 9.17) is 15.2 Å². The van der Waals surface area contributed by atoms with Crippen LogP contribution in [0.1, 0.15) is 25.0 Å². The van der Waals surface area contributed by atoms with Crippen LogP contribution in [0.15, 0.2) is 47.5 Å². The van der Waals surface area contributed by atoms with E-state index in [0.29, 0.717) is 25.7 Å². The summed E-state index contributed by atoms with van der Waals surface area (Å²) in [6, 6.07) is 13.8. The van der Waals surface area contributed by atoms with Gasteiger partial charge in [0, 0.05) is 6.07 Å². The molecule has 5 heteroatoms. The highest BCUT2D eigenvalue weighted by Crippen LogP contribution is 2.29. The van der Waals surface area contributed by atoms with Crippen LogP contribution < -0.4 is 20.5 Å². The van der Waals surface area contributed by atoms with Crippen molar-refractivity contribution < 1.29 is 9.47 Å². The smallest absolute Gasteiger partial charge is 0.193 e. The molecule has 0 aliphatic carbocycles. The van der Waals surface area contributed by atoms with E-state index in [2.05, 4.69) is 29.4 Å². The van der Waals surface area contributed by atoms with Crippen molar-refractivity contribution >= 4 is 11.6 Å². The minimum Gasteiger partial charge on any atom is -0.494 e. The van der Waals surface area contributed by atoms with Crippen LogP contribution in [0.3, 0.4) is 0 Å². The maximum Gasteiger partial charge on any atom is 0.193 e. The van der Waals surface area contributed by atoms with Gasteiger partial charge in [0.2, 0.25) is 0 Å². The van der Waals surface area contributed by atoms with E-state index in [1.807, 2.05) is 44.2 Å². The van der Waals surface area contributed by atoms with Gasteiger partial charge in [-0.25, -0.2) is 4.99 Å². The number of nitrogens with one attached hydrogen (secondary N) is 1. The monoisotopic (exact) mass is 327 g/mol. The molecule has 3 N–H and O–H groups in total. The Kier molecular flexibility index (Phi) is 6.49. The van der Waals surface area contributed by atoms with Gasteiger partial charge in [0.25, 0.3) is 0 Å². The maximum atomic E-state index is 6.02. The molecule has 0 saturated heterocycles. The second kappa shape index (κ2) is 8.82. The Balaban J connectivity index is 2.10. The molecule has 2 aromatic rings. The number of rotatable bonds is 7. The summed E-state index contributed by atoms with van der Waals surface area (Å²) in [7, 11) is 0. The van der Waals surface area contributed by atoms with Crippen molar-refractivity contribution in [2.24, 2.45) is 10.7 Å². The number of benzene rings is 2. The Labute approximate surface area is 143 Å². The van der Waals surface area contributed by atoms with Crippen LogP contribution >= 0.6 is 0 Å². The van der Waals surface area contributed by atoms with E-state index in [-0.39, 0.29) is 0 Å².